The van der Waals surface area contributed by atoms with Crippen LogP contribution in [0.15, 0.2) is 73.1 Å². The van der Waals surface area contributed by atoms with E-state index in [4.69, 9.17) is 0 Å². The van der Waals surface area contributed by atoms with E-state index in [1.807, 2.05) is 0 Å². The molecule has 3 nitrogen and oxygen atoms in total. The van der Waals surface area contributed by atoms with Gasteiger partial charge >= 0.3 is 6.11 Å². The fraction of sp³-hybridized carbons (Fsp3) is 0.200. The molecule has 12 heteroatoms. The third kappa shape index (κ3) is 7.42. The number of nitrogens with zero attached hydrogens (tertiary/aromatic N) is 2. The van der Waals surface area contributed by atoms with Gasteiger partial charge in [-0.3, -0.25) is 0 Å². The lowest BCUT2D eigenvalue weighted by molar-refractivity contribution is -0.189. The van der Waals surface area contributed by atoms with Gasteiger partial charge in [-0.05, 0) is 53.8 Å². The van der Waals surface area contributed by atoms with Crippen molar-refractivity contribution in [1.29, 1.82) is 0 Å². The van der Waals surface area contributed by atoms with Crippen molar-refractivity contribution < 1.29 is 44.3 Å². The molecule has 47 heavy (non-hydrogen) atoms. The van der Waals surface area contributed by atoms with Gasteiger partial charge < -0.3 is 4.74 Å². The predicted octanol–water partition coefficient (Wildman–Crippen LogP) is 10.7. The van der Waals surface area contributed by atoms with E-state index < -0.39 is 69.3 Å². The normalized spacial score (nSPS) is 11.6. The molecule has 0 spiro atoms. The van der Waals surface area contributed by atoms with Crippen molar-refractivity contribution >= 4 is 0 Å². The van der Waals surface area contributed by atoms with Crippen LogP contribution in [0.25, 0.3) is 33.6 Å². The van der Waals surface area contributed by atoms with Gasteiger partial charge in [0.15, 0.2) is 23.3 Å². The molecule has 1 aromatic heterocycles. The summed E-state index contributed by atoms with van der Waals surface area (Å²) in [6, 6.07) is 8.39. The summed E-state index contributed by atoms with van der Waals surface area (Å²) in [5, 5.41) is 0. The molecule has 0 bridgehead atoms. The monoisotopic (exact) mass is 660 g/mol. The highest BCUT2D eigenvalue weighted by Gasteiger charge is 2.41. The topological polar surface area (TPSA) is 35.0 Å². The summed E-state index contributed by atoms with van der Waals surface area (Å²) >= 11 is 0. The molecule has 5 aromatic rings. The van der Waals surface area contributed by atoms with E-state index in [2.05, 4.69) is 21.6 Å². The number of ether oxygens (including phenoxy) is 1. The lowest BCUT2D eigenvalue weighted by atomic mass is 9.97. The Morgan fingerprint density at radius 3 is 1.70 bits per heavy atom. The van der Waals surface area contributed by atoms with Crippen LogP contribution in [0.2, 0.25) is 0 Å². The third-order valence-electron chi connectivity index (χ3n) is 7.38. The molecule has 0 aliphatic rings. The Hall–Kier alpha value is -4.87. The lowest BCUT2D eigenvalue weighted by Crippen LogP contribution is -2.25. The standard InChI is InChI=1S/C35H25F9N2O/c1-2-3-4-5-6-19-17-45-34(46-18-19)21-8-10-24(27(37)12-21)20-7-9-25(26(36)11-20)22-13-28(38)32(29(39)14-22)35(43,44)47-23-15-30(40)33(42)31(41)16-23/h7-18H,2-6H2,1H3. The van der Waals surface area contributed by atoms with Gasteiger partial charge in [0.2, 0.25) is 0 Å². The zero-order valence-electron chi connectivity index (χ0n) is 24.7. The lowest BCUT2D eigenvalue weighted by Gasteiger charge is -2.20. The first-order valence-electron chi connectivity index (χ1n) is 14.5. The number of aryl methyl sites for hydroxylation is 1. The largest absolute Gasteiger partial charge is 0.432 e. The predicted molar refractivity (Wildman–Crippen MR) is 157 cm³/mol. The Kier molecular flexibility index (Phi) is 9.88. The van der Waals surface area contributed by atoms with Crippen molar-refractivity contribution in [1.82, 2.24) is 9.97 Å². The molecule has 0 saturated heterocycles. The Bertz CT molecular complexity index is 1870. The van der Waals surface area contributed by atoms with Gasteiger partial charge in [-0.25, -0.2) is 40.7 Å². The summed E-state index contributed by atoms with van der Waals surface area (Å²) in [6.45, 7) is 2.13. The average molecular weight is 661 g/mol. The van der Waals surface area contributed by atoms with E-state index >= 15 is 8.78 Å². The van der Waals surface area contributed by atoms with E-state index in [1.54, 1.807) is 18.5 Å². The number of hydrogen-bond donors (Lipinski definition) is 0. The average Bonchev–Trinajstić information content (AvgIpc) is 3.01. The summed E-state index contributed by atoms with van der Waals surface area (Å²) in [7, 11) is 0. The summed E-state index contributed by atoms with van der Waals surface area (Å²) in [5.41, 5.74) is -1.37. The van der Waals surface area contributed by atoms with Gasteiger partial charge in [-0.1, -0.05) is 50.5 Å². The van der Waals surface area contributed by atoms with E-state index in [1.165, 1.54) is 18.2 Å². The van der Waals surface area contributed by atoms with Gasteiger partial charge in [0.1, 0.15) is 34.6 Å². The van der Waals surface area contributed by atoms with Gasteiger partial charge in [-0.15, -0.1) is 0 Å². The second-order valence-corrected chi connectivity index (χ2v) is 10.7. The molecule has 0 aliphatic heterocycles. The number of rotatable bonds is 11. The maximum absolute atomic E-state index is 15.2. The molecule has 4 aromatic carbocycles. The van der Waals surface area contributed by atoms with Crippen LogP contribution in [0, 0.1) is 40.7 Å². The van der Waals surface area contributed by atoms with Crippen LogP contribution in [0.5, 0.6) is 5.75 Å². The Morgan fingerprint density at radius 1 is 0.596 bits per heavy atom. The molecule has 0 fully saturated rings. The van der Waals surface area contributed by atoms with Crippen molar-refractivity contribution in [2.45, 2.75) is 45.1 Å². The zero-order valence-corrected chi connectivity index (χ0v) is 24.7. The first-order valence-corrected chi connectivity index (χ1v) is 14.5. The van der Waals surface area contributed by atoms with Gasteiger partial charge in [0.05, 0.1) is 0 Å². The number of alkyl halides is 2. The van der Waals surface area contributed by atoms with Crippen LogP contribution in [-0.4, -0.2) is 9.97 Å². The summed E-state index contributed by atoms with van der Waals surface area (Å²) in [5.74, 6) is -12.1. The molecule has 0 radical (unpaired) electrons. The van der Waals surface area contributed by atoms with Crippen LogP contribution < -0.4 is 4.74 Å². The first kappa shape index (κ1) is 33.5. The van der Waals surface area contributed by atoms with Gasteiger partial charge in [-0.2, -0.15) is 8.78 Å². The van der Waals surface area contributed by atoms with Crippen LogP contribution >= 0.6 is 0 Å². The van der Waals surface area contributed by atoms with E-state index in [0.29, 0.717) is 23.5 Å². The van der Waals surface area contributed by atoms with E-state index in [0.717, 1.165) is 49.8 Å². The molecule has 0 amide bonds. The fourth-order valence-corrected chi connectivity index (χ4v) is 4.99. The molecule has 244 valence electrons. The molecule has 0 atom stereocenters. The van der Waals surface area contributed by atoms with Crippen LogP contribution in [-0.2, 0) is 12.5 Å². The van der Waals surface area contributed by atoms with Crippen LogP contribution in [0.4, 0.5) is 39.5 Å². The third-order valence-corrected chi connectivity index (χ3v) is 7.38. The van der Waals surface area contributed by atoms with Gasteiger partial charge in [0, 0.05) is 41.2 Å². The minimum absolute atomic E-state index is 0.00455. The van der Waals surface area contributed by atoms with Crippen LogP contribution in [0.3, 0.4) is 0 Å². The maximum atomic E-state index is 15.2. The number of aromatic nitrogens is 2. The molecule has 0 saturated carbocycles. The minimum Gasteiger partial charge on any atom is -0.429 e. The van der Waals surface area contributed by atoms with Crippen LogP contribution in [0.1, 0.15) is 43.7 Å². The molecular weight excluding hydrogens is 635 g/mol. The first-order chi connectivity index (χ1) is 22.4. The fourth-order valence-electron chi connectivity index (χ4n) is 4.99. The summed E-state index contributed by atoms with van der Waals surface area (Å²) in [4.78, 5) is 8.64. The van der Waals surface area contributed by atoms with E-state index in [-0.39, 0.29) is 23.3 Å². The number of benzene rings is 4. The van der Waals surface area contributed by atoms with Gasteiger partial charge in [0.25, 0.3) is 0 Å². The van der Waals surface area contributed by atoms with Crippen molar-refractivity contribution in [2.24, 2.45) is 0 Å². The Morgan fingerprint density at radius 2 is 1.13 bits per heavy atom. The van der Waals surface area contributed by atoms with Crippen molar-refractivity contribution in [3.05, 3.63) is 125 Å². The van der Waals surface area contributed by atoms with Crippen molar-refractivity contribution in [3.8, 4) is 39.4 Å². The minimum atomic E-state index is -4.81. The summed E-state index contributed by atoms with van der Waals surface area (Å²) < 4.78 is 133. The quantitative estimate of drug-likeness (QED) is 0.0804. The van der Waals surface area contributed by atoms with Crippen molar-refractivity contribution in [3.63, 3.8) is 0 Å². The molecule has 0 aliphatic carbocycles. The molecular formula is C35H25F9N2O. The zero-order chi connectivity index (χ0) is 33.9. The van der Waals surface area contributed by atoms with Crippen molar-refractivity contribution in [2.75, 3.05) is 0 Å². The highest BCUT2D eigenvalue weighted by Crippen LogP contribution is 2.39. The SMILES string of the molecule is CCCCCCc1cnc(-c2ccc(-c3ccc(-c4cc(F)c(C(F)(F)Oc5cc(F)c(F)c(F)c5)c(F)c4)c(F)c3)c(F)c2)nc1. The molecule has 0 N–H and O–H groups in total. The maximum Gasteiger partial charge on any atom is 0.432 e. The second-order valence-electron chi connectivity index (χ2n) is 10.7. The molecule has 5 rings (SSSR count). The van der Waals surface area contributed by atoms with E-state index in [9.17, 15) is 30.7 Å². The number of hydrogen-bond acceptors (Lipinski definition) is 3. The molecule has 1 heterocycles. The molecule has 0 unspecified atom stereocenters. The second kappa shape index (κ2) is 13.9. The Balaban J connectivity index is 1.35. The Labute approximate surface area is 263 Å². The highest BCUT2D eigenvalue weighted by atomic mass is 19.3. The number of halogens is 9. The number of unbranched alkanes of at least 4 members (excludes halogenated alkanes) is 3. The smallest absolute Gasteiger partial charge is 0.429 e. The summed E-state index contributed by atoms with van der Waals surface area (Å²) in [6.07, 6.45) is 3.80. The highest BCUT2D eigenvalue weighted by molar-refractivity contribution is 5.73.